The van der Waals surface area contributed by atoms with Crippen LogP contribution in [0.1, 0.15) is 25.3 Å². The van der Waals surface area contributed by atoms with Crippen molar-refractivity contribution in [3.05, 3.63) is 40.2 Å². The van der Waals surface area contributed by atoms with Gasteiger partial charge in [-0.2, -0.15) is 0 Å². The molecule has 2 aromatic rings. The number of rotatable bonds is 2. The molecule has 2 unspecified atom stereocenters. The van der Waals surface area contributed by atoms with Gasteiger partial charge in [-0.25, -0.2) is 8.78 Å². The fraction of sp³-hybridized carbons (Fsp3) is 0.500. The normalized spacial score (nSPS) is 26.3. The highest BCUT2D eigenvalue weighted by Crippen LogP contribution is 2.40. The number of pyridine rings is 1. The van der Waals surface area contributed by atoms with E-state index in [1.54, 1.807) is 6.20 Å². The molecule has 2 atom stereocenters. The van der Waals surface area contributed by atoms with E-state index in [-0.39, 0.29) is 34.1 Å². The monoisotopic (exact) mass is 331 g/mol. The maximum atomic E-state index is 15.4. The number of anilines is 1. The first kappa shape index (κ1) is 14.4. The van der Waals surface area contributed by atoms with Crippen molar-refractivity contribution in [1.29, 1.82) is 0 Å². The van der Waals surface area contributed by atoms with E-state index in [2.05, 4.69) is 4.90 Å². The Hall–Kier alpha value is -1.95. The second-order valence-corrected chi connectivity index (χ2v) is 7.17. The van der Waals surface area contributed by atoms with Crippen molar-refractivity contribution in [2.75, 3.05) is 31.1 Å². The molecular weight excluding hydrogens is 312 g/mol. The second kappa shape index (κ2) is 5.02. The van der Waals surface area contributed by atoms with Crippen molar-refractivity contribution in [2.24, 2.45) is 0 Å². The molecule has 4 nitrogen and oxygen atoms in total. The van der Waals surface area contributed by atoms with Gasteiger partial charge in [0.05, 0.1) is 10.9 Å². The minimum absolute atomic E-state index is 0.0500. The molecule has 3 heterocycles. The molecule has 1 aliphatic carbocycles. The smallest absolute Gasteiger partial charge is 0.189 e. The van der Waals surface area contributed by atoms with Gasteiger partial charge in [-0.1, -0.05) is 0 Å². The summed E-state index contributed by atoms with van der Waals surface area (Å²) in [5.74, 6) is -1.19. The van der Waals surface area contributed by atoms with Gasteiger partial charge in [0.25, 0.3) is 0 Å². The highest BCUT2D eigenvalue weighted by Gasteiger charge is 2.36. The third-order valence-corrected chi connectivity index (χ3v) is 5.65. The zero-order chi connectivity index (χ0) is 16.4. The van der Waals surface area contributed by atoms with Crippen LogP contribution in [0.4, 0.5) is 14.5 Å². The van der Waals surface area contributed by atoms with Crippen molar-refractivity contribution in [3.8, 4) is 0 Å². The predicted octanol–water partition coefficient (Wildman–Crippen LogP) is 2.51. The van der Waals surface area contributed by atoms with E-state index >= 15 is 4.39 Å². The fourth-order valence-electron chi connectivity index (χ4n) is 4.27. The molecule has 3 fully saturated rings. The molecule has 3 aliphatic rings. The summed E-state index contributed by atoms with van der Waals surface area (Å²) < 4.78 is 32.0. The summed E-state index contributed by atoms with van der Waals surface area (Å²) in [4.78, 5) is 16.3. The molecule has 2 saturated heterocycles. The first-order valence-corrected chi connectivity index (χ1v) is 8.65. The van der Waals surface area contributed by atoms with Crippen molar-refractivity contribution in [3.63, 3.8) is 0 Å². The van der Waals surface area contributed by atoms with E-state index in [1.165, 1.54) is 12.1 Å². The van der Waals surface area contributed by atoms with Gasteiger partial charge in [0, 0.05) is 50.5 Å². The molecule has 1 aromatic carbocycles. The van der Waals surface area contributed by atoms with Crippen molar-refractivity contribution >= 4 is 16.6 Å². The Kier molecular flexibility index (Phi) is 3.01. The van der Waals surface area contributed by atoms with E-state index in [0.29, 0.717) is 6.54 Å². The fourth-order valence-corrected chi connectivity index (χ4v) is 4.27. The van der Waals surface area contributed by atoms with Gasteiger partial charge in [0.2, 0.25) is 0 Å². The Morgan fingerprint density at radius 2 is 1.88 bits per heavy atom. The molecule has 1 saturated carbocycles. The third-order valence-electron chi connectivity index (χ3n) is 5.65. The maximum absolute atomic E-state index is 15.4. The number of piperazine rings is 1. The molecule has 1 aromatic heterocycles. The Morgan fingerprint density at radius 3 is 2.67 bits per heavy atom. The first-order chi connectivity index (χ1) is 11.6. The van der Waals surface area contributed by atoms with Gasteiger partial charge in [0.15, 0.2) is 11.2 Å². The summed E-state index contributed by atoms with van der Waals surface area (Å²) in [5.41, 5.74) is -0.00666. The molecule has 2 bridgehead atoms. The lowest BCUT2D eigenvalue weighted by Crippen LogP contribution is -2.47. The van der Waals surface area contributed by atoms with Gasteiger partial charge in [0.1, 0.15) is 11.5 Å². The summed E-state index contributed by atoms with van der Waals surface area (Å²) >= 11 is 0. The number of benzene rings is 1. The van der Waals surface area contributed by atoms with Crippen LogP contribution in [0.2, 0.25) is 0 Å². The lowest BCUT2D eigenvalue weighted by atomic mass is 10.1. The molecule has 6 heteroatoms. The first-order valence-electron chi connectivity index (χ1n) is 8.65. The average molecular weight is 331 g/mol. The van der Waals surface area contributed by atoms with Gasteiger partial charge >= 0.3 is 0 Å². The van der Waals surface area contributed by atoms with E-state index < -0.39 is 11.6 Å². The summed E-state index contributed by atoms with van der Waals surface area (Å²) in [6.45, 7) is 3.31. The topological polar surface area (TPSA) is 28.5 Å². The quantitative estimate of drug-likeness (QED) is 0.847. The molecule has 126 valence electrons. The molecule has 2 aliphatic heterocycles. The Balaban J connectivity index is 1.74. The number of aromatic nitrogens is 1. The summed E-state index contributed by atoms with van der Waals surface area (Å²) in [6, 6.07) is 3.03. The van der Waals surface area contributed by atoms with Crippen molar-refractivity contribution in [1.82, 2.24) is 9.47 Å². The van der Waals surface area contributed by atoms with E-state index in [0.717, 1.165) is 38.9 Å². The highest BCUT2D eigenvalue weighted by molar-refractivity contribution is 5.84. The standard InChI is InChI=1S/C18H19F2N3O/c19-14-9-13-15(24)4-6-22(11-1-2-11)17(13)16(20)18(14)23-8-7-21-5-3-12(23)10-21/h4,6,9,11-12H,1-3,5,7-8,10H2. The predicted molar refractivity (Wildman–Crippen MR) is 88.6 cm³/mol. The van der Waals surface area contributed by atoms with Gasteiger partial charge in [-0.3, -0.25) is 9.69 Å². The largest absolute Gasteiger partial charge is 0.361 e. The molecule has 24 heavy (non-hydrogen) atoms. The number of fused-ring (bicyclic) bond motifs is 3. The molecular formula is C18H19F2N3O. The summed E-state index contributed by atoms with van der Waals surface area (Å²) in [5, 5.41) is 0.146. The van der Waals surface area contributed by atoms with Gasteiger partial charge in [-0.05, 0) is 25.3 Å². The van der Waals surface area contributed by atoms with Crippen LogP contribution in [0.25, 0.3) is 10.9 Å². The SMILES string of the molecule is O=c1ccn(C2CC2)c2c(F)c(N3CCN4CCC3C4)c(F)cc12. The third kappa shape index (κ3) is 2.02. The number of nitrogens with zero attached hydrogens (tertiary/aromatic N) is 3. The average Bonchev–Trinajstić information content (AvgIpc) is 3.34. The molecule has 5 rings (SSSR count). The molecule has 0 radical (unpaired) electrons. The molecule has 0 amide bonds. The Labute approximate surface area is 138 Å². The van der Waals surface area contributed by atoms with Gasteiger partial charge in [-0.15, -0.1) is 0 Å². The van der Waals surface area contributed by atoms with E-state index in [9.17, 15) is 9.18 Å². The number of hydrogen-bond acceptors (Lipinski definition) is 3. The number of hydrogen-bond donors (Lipinski definition) is 0. The van der Waals surface area contributed by atoms with E-state index in [1.807, 2.05) is 9.47 Å². The van der Waals surface area contributed by atoms with Gasteiger partial charge < -0.3 is 9.47 Å². The molecule has 0 spiro atoms. The highest BCUT2D eigenvalue weighted by atomic mass is 19.1. The molecule has 0 N–H and O–H groups in total. The second-order valence-electron chi connectivity index (χ2n) is 7.17. The van der Waals surface area contributed by atoms with Crippen LogP contribution in [-0.2, 0) is 0 Å². The van der Waals surface area contributed by atoms with Crippen LogP contribution < -0.4 is 10.3 Å². The van der Waals surface area contributed by atoms with Crippen LogP contribution in [0.5, 0.6) is 0 Å². The van der Waals surface area contributed by atoms with Crippen LogP contribution in [-0.4, -0.2) is 41.7 Å². The summed E-state index contributed by atoms with van der Waals surface area (Å²) in [7, 11) is 0. The Morgan fingerprint density at radius 1 is 1.04 bits per heavy atom. The lowest BCUT2D eigenvalue weighted by molar-refractivity contribution is 0.308. The lowest BCUT2D eigenvalue weighted by Gasteiger charge is -2.36. The summed E-state index contributed by atoms with van der Waals surface area (Å²) in [6.07, 6.45) is 4.54. The van der Waals surface area contributed by atoms with Crippen LogP contribution in [0, 0.1) is 11.6 Å². The van der Waals surface area contributed by atoms with E-state index in [4.69, 9.17) is 0 Å². The maximum Gasteiger partial charge on any atom is 0.189 e. The van der Waals surface area contributed by atoms with Crippen LogP contribution in [0.15, 0.2) is 23.1 Å². The Bertz CT molecular complexity index is 890. The zero-order valence-corrected chi connectivity index (χ0v) is 13.3. The number of halogens is 2. The minimum Gasteiger partial charge on any atom is -0.361 e. The van der Waals surface area contributed by atoms with Crippen LogP contribution in [0.3, 0.4) is 0 Å². The zero-order valence-electron chi connectivity index (χ0n) is 13.3. The van der Waals surface area contributed by atoms with Crippen LogP contribution >= 0.6 is 0 Å². The van der Waals surface area contributed by atoms with Crippen molar-refractivity contribution < 1.29 is 8.78 Å². The minimum atomic E-state index is -0.619. The van der Waals surface area contributed by atoms with Crippen molar-refractivity contribution in [2.45, 2.75) is 31.3 Å².